The maximum atomic E-state index is 12.9. The maximum Gasteiger partial charge on any atom is 0.257 e. The first-order valence-electron chi connectivity index (χ1n) is 10.5. The lowest BCUT2D eigenvalue weighted by molar-refractivity contribution is 0.0303. The summed E-state index contributed by atoms with van der Waals surface area (Å²) in [4.78, 5) is 27.1. The number of para-hydroxylation sites is 1. The van der Waals surface area contributed by atoms with Crippen LogP contribution in [0.1, 0.15) is 27.6 Å². The Balaban J connectivity index is 1.56. The summed E-state index contributed by atoms with van der Waals surface area (Å²) in [7, 11) is 0. The van der Waals surface area contributed by atoms with Gasteiger partial charge in [0.25, 0.3) is 11.8 Å². The number of amides is 2. The van der Waals surface area contributed by atoms with Crippen LogP contribution in [0, 0.1) is 0 Å². The van der Waals surface area contributed by atoms with Gasteiger partial charge in [0.2, 0.25) is 0 Å². The molecule has 1 saturated heterocycles. The summed E-state index contributed by atoms with van der Waals surface area (Å²) in [5, 5.41) is 5.72. The van der Waals surface area contributed by atoms with Crippen molar-refractivity contribution in [1.82, 2.24) is 10.2 Å². The molecule has 2 aromatic carbocycles. The van der Waals surface area contributed by atoms with Gasteiger partial charge < -0.3 is 24.4 Å². The first-order chi connectivity index (χ1) is 15.6. The molecule has 0 bridgehead atoms. The molecule has 1 aliphatic rings. The zero-order valence-corrected chi connectivity index (χ0v) is 18.8. The molecule has 9 heteroatoms. The van der Waals surface area contributed by atoms with Crippen molar-refractivity contribution in [3.63, 3.8) is 0 Å². The van der Waals surface area contributed by atoms with Gasteiger partial charge in [-0.15, -0.1) is 0 Å². The molecule has 32 heavy (non-hydrogen) atoms. The number of anilines is 1. The number of carbonyl (C=O) groups is 2. The molecule has 2 amide bonds. The number of thiocarbonyl (C=S) groups is 1. The van der Waals surface area contributed by atoms with Gasteiger partial charge in [-0.25, -0.2) is 0 Å². The van der Waals surface area contributed by atoms with Crippen molar-refractivity contribution in [3.05, 3.63) is 59.7 Å². The SMILES string of the molecule is CCOCCOc1ccc(C(=O)NC(=S)Nc2ccccc2C(=O)N2CCOCC2)cc1. The van der Waals surface area contributed by atoms with Gasteiger partial charge in [0.15, 0.2) is 5.11 Å². The standard InChI is InChI=1S/C23H27N3O5S/c1-2-29-15-16-31-18-9-7-17(8-10-18)21(27)25-23(32)24-20-6-4-3-5-19(20)22(28)26-11-13-30-14-12-26/h3-10H,2,11-16H2,1H3,(H2,24,25,27,32). The highest BCUT2D eigenvalue weighted by atomic mass is 32.1. The molecule has 0 saturated carbocycles. The van der Waals surface area contributed by atoms with Crippen LogP contribution in [0.25, 0.3) is 0 Å². The van der Waals surface area contributed by atoms with E-state index in [0.29, 0.717) is 68.7 Å². The van der Waals surface area contributed by atoms with Crippen molar-refractivity contribution in [2.75, 3.05) is 51.4 Å². The van der Waals surface area contributed by atoms with Crippen molar-refractivity contribution in [2.45, 2.75) is 6.92 Å². The third kappa shape index (κ3) is 6.74. The fourth-order valence-corrected chi connectivity index (χ4v) is 3.31. The topological polar surface area (TPSA) is 89.1 Å². The van der Waals surface area contributed by atoms with Gasteiger partial charge in [-0.3, -0.25) is 14.9 Å². The third-order valence-electron chi connectivity index (χ3n) is 4.75. The minimum atomic E-state index is -0.361. The average Bonchev–Trinajstić information content (AvgIpc) is 2.82. The molecule has 1 heterocycles. The van der Waals surface area contributed by atoms with Crippen molar-refractivity contribution in [2.24, 2.45) is 0 Å². The maximum absolute atomic E-state index is 12.9. The molecule has 3 rings (SSSR count). The van der Waals surface area contributed by atoms with E-state index in [1.54, 1.807) is 53.4 Å². The van der Waals surface area contributed by atoms with Crippen LogP contribution in [0.3, 0.4) is 0 Å². The molecule has 1 fully saturated rings. The summed E-state index contributed by atoms with van der Waals surface area (Å²) in [5.41, 5.74) is 1.45. The Hall–Kier alpha value is -3.01. The molecule has 1 aliphatic heterocycles. The Morgan fingerprint density at radius 3 is 2.50 bits per heavy atom. The highest BCUT2D eigenvalue weighted by Gasteiger charge is 2.21. The summed E-state index contributed by atoms with van der Waals surface area (Å²) < 4.78 is 16.1. The van der Waals surface area contributed by atoms with E-state index in [1.165, 1.54) is 0 Å². The Morgan fingerprint density at radius 2 is 1.78 bits per heavy atom. The lowest BCUT2D eigenvalue weighted by Gasteiger charge is -2.27. The Bertz CT molecular complexity index is 929. The normalized spacial score (nSPS) is 13.3. The van der Waals surface area contributed by atoms with Gasteiger partial charge >= 0.3 is 0 Å². The van der Waals surface area contributed by atoms with Gasteiger partial charge in [-0.05, 0) is 55.5 Å². The Labute approximate surface area is 192 Å². The summed E-state index contributed by atoms with van der Waals surface area (Å²) in [6.07, 6.45) is 0. The van der Waals surface area contributed by atoms with Crippen LogP contribution in [0.2, 0.25) is 0 Å². The second kappa shape index (κ2) is 12.1. The molecule has 0 aliphatic carbocycles. The quantitative estimate of drug-likeness (QED) is 0.465. The van der Waals surface area contributed by atoms with Crippen LogP contribution in [0.4, 0.5) is 5.69 Å². The van der Waals surface area contributed by atoms with Crippen molar-refractivity contribution < 1.29 is 23.8 Å². The van der Waals surface area contributed by atoms with Crippen LogP contribution in [-0.2, 0) is 9.47 Å². The van der Waals surface area contributed by atoms with Gasteiger partial charge in [0, 0.05) is 25.3 Å². The Kier molecular flexibility index (Phi) is 8.97. The predicted molar refractivity (Wildman–Crippen MR) is 125 cm³/mol. The molecule has 0 spiro atoms. The number of nitrogens with zero attached hydrogens (tertiary/aromatic N) is 1. The fourth-order valence-electron chi connectivity index (χ4n) is 3.11. The van der Waals surface area contributed by atoms with E-state index in [4.69, 9.17) is 26.4 Å². The van der Waals surface area contributed by atoms with Gasteiger partial charge in [0.1, 0.15) is 12.4 Å². The third-order valence-corrected chi connectivity index (χ3v) is 4.95. The van der Waals surface area contributed by atoms with Crippen LogP contribution < -0.4 is 15.4 Å². The fraction of sp³-hybridized carbons (Fsp3) is 0.348. The number of morpholine rings is 1. The number of hydrogen-bond acceptors (Lipinski definition) is 6. The van der Waals surface area contributed by atoms with Crippen molar-refractivity contribution in [1.29, 1.82) is 0 Å². The smallest absolute Gasteiger partial charge is 0.257 e. The van der Waals surface area contributed by atoms with Crippen LogP contribution in [-0.4, -0.2) is 68.0 Å². The zero-order valence-electron chi connectivity index (χ0n) is 18.0. The van der Waals surface area contributed by atoms with E-state index in [2.05, 4.69) is 10.6 Å². The largest absolute Gasteiger partial charge is 0.491 e. The number of hydrogen-bond donors (Lipinski definition) is 2. The first kappa shape index (κ1) is 23.6. The second-order valence-corrected chi connectivity index (χ2v) is 7.34. The molecule has 2 N–H and O–H groups in total. The van der Waals surface area contributed by atoms with E-state index in [-0.39, 0.29) is 16.9 Å². The highest BCUT2D eigenvalue weighted by Crippen LogP contribution is 2.18. The molecule has 170 valence electrons. The number of rotatable bonds is 8. The predicted octanol–water partition coefficient (Wildman–Crippen LogP) is 2.70. The molecule has 8 nitrogen and oxygen atoms in total. The van der Waals surface area contributed by atoms with E-state index in [9.17, 15) is 9.59 Å². The minimum Gasteiger partial charge on any atom is -0.491 e. The minimum absolute atomic E-state index is 0.106. The Morgan fingerprint density at radius 1 is 1.06 bits per heavy atom. The summed E-state index contributed by atoms with van der Waals surface area (Å²) in [6.45, 7) is 5.64. The number of ether oxygens (including phenoxy) is 3. The molecule has 0 atom stereocenters. The summed E-state index contributed by atoms with van der Waals surface area (Å²) in [6, 6.07) is 13.8. The summed E-state index contributed by atoms with van der Waals surface area (Å²) in [5.74, 6) is 0.184. The second-order valence-electron chi connectivity index (χ2n) is 6.93. The zero-order chi connectivity index (χ0) is 22.8. The van der Waals surface area contributed by atoms with E-state index < -0.39 is 0 Å². The molecular weight excluding hydrogens is 430 g/mol. The molecule has 2 aromatic rings. The lowest BCUT2D eigenvalue weighted by atomic mass is 10.1. The summed E-state index contributed by atoms with van der Waals surface area (Å²) >= 11 is 5.30. The van der Waals surface area contributed by atoms with E-state index >= 15 is 0 Å². The monoisotopic (exact) mass is 457 g/mol. The number of carbonyl (C=O) groups excluding carboxylic acids is 2. The number of nitrogens with one attached hydrogen (secondary N) is 2. The molecule has 0 aromatic heterocycles. The molecular formula is C23H27N3O5S. The lowest BCUT2D eigenvalue weighted by Crippen LogP contribution is -2.41. The van der Waals surface area contributed by atoms with Crippen molar-refractivity contribution >= 4 is 34.8 Å². The van der Waals surface area contributed by atoms with Crippen LogP contribution >= 0.6 is 12.2 Å². The van der Waals surface area contributed by atoms with Gasteiger partial charge in [-0.2, -0.15) is 0 Å². The molecule has 0 unspecified atom stereocenters. The van der Waals surface area contributed by atoms with Crippen LogP contribution in [0.15, 0.2) is 48.5 Å². The van der Waals surface area contributed by atoms with Gasteiger partial charge in [0.05, 0.1) is 31.1 Å². The van der Waals surface area contributed by atoms with Crippen LogP contribution in [0.5, 0.6) is 5.75 Å². The number of benzene rings is 2. The van der Waals surface area contributed by atoms with E-state index in [1.807, 2.05) is 6.92 Å². The van der Waals surface area contributed by atoms with E-state index in [0.717, 1.165) is 0 Å². The van der Waals surface area contributed by atoms with Gasteiger partial charge in [-0.1, -0.05) is 12.1 Å². The average molecular weight is 458 g/mol. The van der Waals surface area contributed by atoms with Crippen molar-refractivity contribution in [3.8, 4) is 5.75 Å². The highest BCUT2D eigenvalue weighted by molar-refractivity contribution is 7.80. The molecule has 0 radical (unpaired) electrons. The first-order valence-corrected chi connectivity index (χ1v) is 10.9.